The summed E-state index contributed by atoms with van der Waals surface area (Å²) in [6.07, 6.45) is 6.47. The zero-order chi connectivity index (χ0) is 12.7. The van der Waals surface area contributed by atoms with Gasteiger partial charge < -0.3 is 9.73 Å². The zero-order valence-corrected chi connectivity index (χ0v) is 11.8. The first-order valence-corrected chi connectivity index (χ1v) is 7.89. The molecule has 0 aliphatic heterocycles. The van der Waals surface area contributed by atoms with Crippen LogP contribution in [0.25, 0.3) is 0 Å². The lowest BCUT2D eigenvalue weighted by Crippen LogP contribution is -2.35. The summed E-state index contributed by atoms with van der Waals surface area (Å²) in [7, 11) is -0.684. The van der Waals surface area contributed by atoms with Crippen LogP contribution in [-0.4, -0.2) is 28.3 Å². The highest BCUT2D eigenvalue weighted by molar-refractivity contribution is 7.84. The van der Waals surface area contributed by atoms with Gasteiger partial charge in [0.05, 0.1) is 6.26 Å². The highest BCUT2D eigenvalue weighted by Crippen LogP contribution is 2.06. The molecular formula is C13H23NO2S. The van der Waals surface area contributed by atoms with Crippen LogP contribution in [0.1, 0.15) is 32.4 Å². The Bertz CT molecular complexity index is 324. The maximum absolute atomic E-state index is 11.0. The van der Waals surface area contributed by atoms with E-state index in [0.717, 1.165) is 30.8 Å². The lowest BCUT2D eigenvalue weighted by atomic mass is 10.1. The lowest BCUT2D eigenvalue weighted by molar-refractivity contribution is 0.420. The number of rotatable bonds is 8. The maximum Gasteiger partial charge on any atom is 0.103 e. The molecule has 1 aromatic heterocycles. The Morgan fingerprint density at radius 1 is 1.35 bits per heavy atom. The smallest absolute Gasteiger partial charge is 0.103 e. The number of aryl methyl sites for hydroxylation is 1. The molecule has 1 aromatic rings. The molecule has 0 aliphatic rings. The predicted octanol–water partition coefficient (Wildman–Crippen LogP) is 2.35. The Balaban J connectivity index is 2.15. The fourth-order valence-electron chi connectivity index (χ4n) is 1.81. The second kappa shape index (κ2) is 7.67. The van der Waals surface area contributed by atoms with Crippen LogP contribution < -0.4 is 5.32 Å². The quantitative estimate of drug-likeness (QED) is 0.777. The number of furan rings is 1. The Kier molecular flexibility index (Phi) is 6.52. The number of nitrogens with one attached hydrogen (secondary N) is 1. The molecule has 3 atom stereocenters. The first kappa shape index (κ1) is 14.5. The van der Waals surface area contributed by atoms with Crippen molar-refractivity contribution in [1.82, 2.24) is 5.32 Å². The average molecular weight is 257 g/mol. The first-order chi connectivity index (χ1) is 8.08. The molecule has 0 aliphatic carbocycles. The minimum absolute atomic E-state index is 0.422. The lowest BCUT2D eigenvalue weighted by Gasteiger charge is -2.19. The van der Waals surface area contributed by atoms with E-state index >= 15 is 0 Å². The van der Waals surface area contributed by atoms with E-state index in [9.17, 15) is 4.21 Å². The van der Waals surface area contributed by atoms with Gasteiger partial charge in [-0.25, -0.2) is 0 Å². The largest absolute Gasteiger partial charge is 0.469 e. The summed E-state index contributed by atoms with van der Waals surface area (Å²) >= 11 is 0. The van der Waals surface area contributed by atoms with E-state index in [4.69, 9.17) is 4.42 Å². The molecule has 0 saturated heterocycles. The molecule has 0 radical (unpaired) electrons. The van der Waals surface area contributed by atoms with Crippen LogP contribution in [0.2, 0.25) is 0 Å². The molecule has 0 bridgehead atoms. The third kappa shape index (κ3) is 6.64. The normalized spacial score (nSPS) is 16.6. The number of hydrogen-bond acceptors (Lipinski definition) is 3. The fourth-order valence-corrected chi connectivity index (χ4v) is 2.49. The average Bonchev–Trinajstić information content (AvgIpc) is 2.76. The van der Waals surface area contributed by atoms with Gasteiger partial charge in [0, 0.05) is 41.3 Å². The first-order valence-electron chi connectivity index (χ1n) is 6.16. The summed E-state index contributed by atoms with van der Waals surface area (Å²) in [5.41, 5.74) is 0. The zero-order valence-electron chi connectivity index (χ0n) is 10.9. The fraction of sp³-hybridized carbons (Fsp3) is 0.692. The molecule has 3 nitrogen and oxygen atoms in total. The van der Waals surface area contributed by atoms with Gasteiger partial charge in [0.2, 0.25) is 0 Å². The van der Waals surface area contributed by atoms with Crippen molar-refractivity contribution in [3.8, 4) is 0 Å². The van der Waals surface area contributed by atoms with Gasteiger partial charge in [-0.15, -0.1) is 0 Å². The van der Waals surface area contributed by atoms with Crippen molar-refractivity contribution >= 4 is 10.8 Å². The predicted molar refractivity (Wildman–Crippen MR) is 72.6 cm³/mol. The van der Waals surface area contributed by atoms with E-state index in [-0.39, 0.29) is 0 Å². The van der Waals surface area contributed by atoms with Crippen molar-refractivity contribution in [3.63, 3.8) is 0 Å². The molecule has 4 heteroatoms. The Morgan fingerprint density at radius 3 is 2.65 bits per heavy atom. The van der Waals surface area contributed by atoms with Crippen LogP contribution in [-0.2, 0) is 17.2 Å². The van der Waals surface area contributed by atoms with E-state index in [0.29, 0.717) is 12.1 Å². The molecule has 0 amide bonds. The van der Waals surface area contributed by atoms with Gasteiger partial charge in [-0.05, 0) is 38.8 Å². The van der Waals surface area contributed by atoms with E-state index in [1.807, 2.05) is 12.1 Å². The minimum atomic E-state index is -0.684. The Hall–Kier alpha value is -0.610. The second-order valence-electron chi connectivity index (χ2n) is 4.65. The van der Waals surface area contributed by atoms with Crippen molar-refractivity contribution in [3.05, 3.63) is 24.2 Å². The van der Waals surface area contributed by atoms with Crippen LogP contribution in [0.15, 0.2) is 22.8 Å². The van der Waals surface area contributed by atoms with Crippen LogP contribution in [0.3, 0.4) is 0 Å². The van der Waals surface area contributed by atoms with Gasteiger partial charge in [-0.3, -0.25) is 4.21 Å². The van der Waals surface area contributed by atoms with Gasteiger partial charge in [-0.1, -0.05) is 0 Å². The molecule has 98 valence electrons. The summed E-state index contributed by atoms with van der Waals surface area (Å²) in [5, 5.41) is 3.52. The van der Waals surface area contributed by atoms with E-state index < -0.39 is 10.8 Å². The van der Waals surface area contributed by atoms with Crippen molar-refractivity contribution in [2.45, 2.75) is 45.2 Å². The molecule has 1 N–H and O–H groups in total. The van der Waals surface area contributed by atoms with Gasteiger partial charge in [-0.2, -0.15) is 0 Å². The van der Waals surface area contributed by atoms with Gasteiger partial charge in [0.25, 0.3) is 0 Å². The van der Waals surface area contributed by atoms with E-state index in [1.165, 1.54) is 0 Å². The van der Waals surface area contributed by atoms with Crippen LogP contribution >= 0.6 is 0 Å². The number of hydrogen-bond donors (Lipinski definition) is 1. The molecule has 3 unspecified atom stereocenters. The SMILES string of the molecule is CC(CCc1ccco1)NC(C)CCS(C)=O. The van der Waals surface area contributed by atoms with E-state index in [2.05, 4.69) is 19.2 Å². The highest BCUT2D eigenvalue weighted by Gasteiger charge is 2.08. The van der Waals surface area contributed by atoms with Gasteiger partial charge in [0.15, 0.2) is 0 Å². The summed E-state index contributed by atoms with van der Waals surface area (Å²) in [6, 6.07) is 4.81. The van der Waals surface area contributed by atoms with Gasteiger partial charge >= 0.3 is 0 Å². The molecule has 0 spiro atoms. The van der Waals surface area contributed by atoms with Crippen molar-refractivity contribution in [2.24, 2.45) is 0 Å². The molecule has 0 aromatic carbocycles. The van der Waals surface area contributed by atoms with Crippen molar-refractivity contribution < 1.29 is 8.63 Å². The molecule has 1 rings (SSSR count). The Labute approximate surface area is 106 Å². The highest BCUT2D eigenvalue weighted by atomic mass is 32.2. The van der Waals surface area contributed by atoms with Crippen molar-refractivity contribution in [2.75, 3.05) is 12.0 Å². The molecular weight excluding hydrogens is 234 g/mol. The third-order valence-electron chi connectivity index (χ3n) is 2.81. The molecule has 0 fully saturated rings. The molecule has 1 heterocycles. The maximum atomic E-state index is 11.0. The minimum Gasteiger partial charge on any atom is -0.469 e. The molecule has 0 saturated carbocycles. The van der Waals surface area contributed by atoms with E-state index in [1.54, 1.807) is 12.5 Å². The monoisotopic (exact) mass is 257 g/mol. The summed E-state index contributed by atoms with van der Waals surface area (Å²) in [5.74, 6) is 1.82. The second-order valence-corrected chi connectivity index (χ2v) is 6.21. The standard InChI is InChI=1S/C13H23NO2S/c1-11(6-7-13-5-4-9-16-13)14-12(2)8-10-17(3)15/h4-5,9,11-12,14H,6-8,10H2,1-3H3. The molecule has 17 heavy (non-hydrogen) atoms. The summed E-state index contributed by atoms with van der Waals surface area (Å²) in [6.45, 7) is 4.33. The summed E-state index contributed by atoms with van der Waals surface area (Å²) < 4.78 is 16.3. The summed E-state index contributed by atoms with van der Waals surface area (Å²) in [4.78, 5) is 0. The third-order valence-corrected chi connectivity index (χ3v) is 3.62. The Morgan fingerprint density at radius 2 is 2.06 bits per heavy atom. The van der Waals surface area contributed by atoms with Gasteiger partial charge in [0.1, 0.15) is 5.76 Å². The van der Waals surface area contributed by atoms with Crippen molar-refractivity contribution in [1.29, 1.82) is 0 Å². The van der Waals surface area contributed by atoms with Crippen LogP contribution in [0, 0.1) is 0 Å². The van der Waals surface area contributed by atoms with Crippen LogP contribution in [0.4, 0.5) is 0 Å². The topological polar surface area (TPSA) is 42.2 Å². The van der Waals surface area contributed by atoms with Crippen LogP contribution in [0.5, 0.6) is 0 Å².